The maximum absolute atomic E-state index is 12.7. The molecule has 7 heteroatoms. The topological polar surface area (TPSA) is 110 Å². The van der Waals surface area contributed by atoms with Crippen LogP contribution < -0.4 is 10.9 Å². The Bertz CT molecular complexity index is 1230. The molecule has 0 radical (unpaired) electrons. The van der Waals surface area contributed by atoms with Gasteiger partial charge in [-0.3, -0.25) is 4.79 Å². The van der Waals surface area contributed by atoms with Gasteiger partial charge in [-0.2, -0.15) is 0 Å². The predicted octanol–water partition coefficient (Wildman–Crippen LogP) is 3.56. The minimum Gasteiger partial charge on any atom is -0.480 e. The summed E-state index contributed by atoms with van der Waals surface area (Å²) in [6, 6.07) is 1.02. The van der Waals surface area contributed by atoms with Gasteiger partial charge in [-0.15, -0.1) is 0 Å². The fourth-order valence-corrected chi connectivity index (χ4v) is 4.37. The van der Waals surface area contributed by atoms with Crippen molar-refractivity contribution < 1.29 is 23.5 Å². The molecule has 2 N–H and O–H groups in total. The number of nitrogens with one attached hydrogen (secondary N) is 1. The van der Waals surface area contributed by atoms with Crippen molar-refractivity contribution in [2.24, 2.45) is 0 Å². The Hall–Kier alpha value is -3.09. The Kier molecular flexibility index (Phi) is 5.13. The van der Waals surface area contributed by atoms with E-state index in [2.05, 4.69) is 5.32 Å². The van der Waals surface area contributed by atoms with Crippen molar-refractivity contribution in [2.75, 3.05) is 0 Å². The third-order valence-electron chi connectivity index (χ3n) is 6.10. The van der Waals surface area contributed by atoms with Gasteiger partial charge >= 0.3 is 11.6 Å². The molecule has 1 atom stereocenters. The zero-order valence-corrected chi connectivity index (χ0v) is 17.4. The van der Waals surface area contributed by atoms with Crippen molar-refractivity contribution in [3.05, 3.63) is 44.5 Å². The van der Waals surface area contributed by atoms with Gasteiger partial charge in [-0.25, -0.2) is 9.59 Å². The van der Waals surface area contributed by atoms with Crippen LogP contribution in [0.4, 0.5) is 0 Å². The van der Waals surface area contributed by atoms with E-state index in [-0.39, 0.29) is 18.4 Å². The molecular weight excluding hydrogens is 386 g/mol. The standard InChI is InChI=1S/C23H25NO6/c1-4-17(22(26)27)24-19(25)10-15-11(2)14-9-16-13-7-5-6-8-18(13)29-21(16)12(3)20(14)30-23(15)28/h9,17H,4-8,10H2,1-3H3,(H,24,25)(H,26,27)/t17-/m1/s1. The highest BCUT2D eigenvalue weighted by atomic mass is 16.4. The molecule has 1 amide bonds. The minimum absolute atomic E-state index is 0.228. The predicted molar refractivity (Wildman–Crippen MR) is 112 cm³/mol. The highest BCUT2D eigenvalue weighted by Crippen LogP contribution is 2.37. The average Bonchev–Trinajstić information content (AvgIpc) is 3.09. The van der Waals surface area contributed by atoms with Crippen molar-refractivity contribution in [1.82, 2.24) is 5.32 Å². The van der Waals surface area contributed by atoms with E-state index in [4.69, 9.17) is 13.9 Å². The number of amides is 1. The van der Waals surface area contributed by atoms with E-state index in [0.29, 0.717) is 11.1 Å². The van der Waals surface area contributed by atoms with Crippen molar-refractivity contribution in [1.29, 1.82) is 0 Å². The first kappa shape index (κ1) is 20.2. The average molecular weight is 411 g/mol. The quantitative estimate of drug-likeness (QED) is 0.621. The van der Waals surface area contributed by atoms with Crippen LogP contribution in [0.5, 0.6) is 0 Å². The summed E-state index contributed by atoms with van der Waals surface area (Å²) in [5.41, 5.74) is 3.57. The fraction of sp³-hybridized carbons (Fsp3) is 0.435. The molecule has 30 heavy (non-hydrogen) atoms. The Balaban J connectivity index is 1.80. The first-order valence-corrected chi connectivity index (χ1v) is 10.3. The lowest BCUT2D eigenvalue weighted by Crippen LogP contribution is -2.41. The molecule has 1 aromatic carbocycles. The summed E-state index contributed by atoms with van der Waals surface area (Å²) in [6.07, 6.45) is 4.13. The fourth-order valence-electron chi connectivity index (χ4n) is 4.37. The van der Waals surface area contributed by atoms with Crippen LogP contribution in [0.25, 0.3) is 21.9 Å². The molecule has 0 fully saturated rings. The molecule has 1 aliphatic rings. The molecule has 1 aliphatic carbocycles. The number of aliphatic carboxylic acids is 1. The molecule has 0 aliphatic heterocycles. The first-order valence-electron chi connectivity index (χ1n) is 10.3. The van der Waals surface area contributed by atoms with Crippen LogP contribution in [0.15, 0.2) is 19.7 Å². The Morgan fingerprint density at radius 2 is 1.80 bits per heavy atom. The lowest BCUT2D eigenvalue weighted by Gasteiger charge is -2.13. The van der Waals surface area contributed by atoms with E-state index in [0.717, 1.165) is 53.4 Å². The highest BCUT2D eigenvalue weighted by Gasteiger charge is 2.24. The van der Waals surface area contributed by atoms with Gasteiger partial charge in [0.1, 0.15) is 23.0 Å². The van der Waals surface area contributed by atoms with Gasteiger partial charge in [-0.05, 0) is 51.2 Å². The Labute approximate surface area is 173 Å². The van der Waals surface area contributed by atoms with Gasteiger partial charge in [0.15, 0.2) is 0 Å². The van der Waals surface area contributed by atoms with Gasteiger partial charge in [-0.1, -0.05) is 6.92 Å². The maximum Gasteiger partial charge on any atom is 0.340 e. The van der Waals surface area contributed by atoms with Crippen molar-refractivity contribution >= 4 is 33.8 Å². The SMILES string of the molecule is CC[C@@H](NC(=O)Cc1c(C)c2cc3c4c(oc3c(C)c2oc1=O)CCCC4)C(=O)O. The second-order valence-electron chi connectivity index (χ2n) is 8.00. The molecule has 7 nitrogen and oxygen atoms in total. The number of aryl methyl sites for hydroxylation is 4. The van der Waals surface area contributed by atoms with Gasteiger partial charge < -0.3 is 19.3 Å². The number of carbonyl (C=O) groups is 2. The van der Waals surface area contributed by atoms with Crippen LogP contribution in [0.2, 0.25) is 0 Å². The molecule has 4 rings (SSSR count). The molecular formula is C23H25NO6. The Morgan fingerprint density at radius 1 is 1.10 bits per heavy atom. The lowest BCUT2D eigenvalue weighted by molar-refractivity contribution is -0.141. The molecule has 0 bridgehead atoms. The van der Waals surface area contributed by atoms with Gasteiger partial charge in [0.25, 0.3) is 0 Å². The van der Waals surface area contributed by atoms with Crippen LogP contribution in [-0.4, -0.2) is 23.0 Å². The molecule has 3 aromatic rings. The molecule has 158 valence electrons. The molecule has 0 saturated heterocycles. The summed E-state index contributed by atoms with van der Waals surface area (Å²) in [4.78, 5) is 36.2. The zero-order chi connectivity index (χ0) is 21.6. The minimum atomic E-state index is -1.10. The monoisotopic (exact) mass is 411 g/mol. The first-order chi connectivity index (χ1) is 14.3. The van der Waals surface area contributed by atoms with E-state index in [9.17, 15) is 14.4 Å². The van der Waals surface area contributed by atoms with Crippen LogP contribution >= 0.6 is 0 Å². The summed E-state index contributed by atoms with van der Waals surface area (Å²) in [7, 11) is 0. The van der Waals surface area contributed by atoms with Crippen molar-refractivity contribution in [3.63, 3.8) is 0 Å². The molecule has 2 aromatic heterocycles. The highest BCUT2D eigenvalue weighted by molar-refractivity contribution is 6.00. The molecule has 0 unspecified atom stereocenters. The summed E-state index contributed by atoms with van der Waals surface area (Å²) in [6.45, 7) is 5.36. The molecule has 2 heterocycles. The van der Waals surface area contributed by atoms with E-state index in [1.165, 1.54) is 5.56 Å². The number of furan rings is 1. The third-order valence-corrected chi connectivity index (χ3v) is 6.10. The largest absolute Gasteiger partial charge is 0.480 e. The van der Waals surface area contributed by atoms with Gasteiger partial charge in [0.05, 0.1) is 12.0 Å². The van der Waals surface area contributed by atoms with Crippen LogP contribution in [-0.2, 0) is 28.9 Å². The zero-order valence-electron chi connectivity index (χ0n) is 17.4. The number of carbonyl (C=O) groups excluding carboxylic acids is 1. The number of carboxylic acid groups (broad SMARTS) is 1. The molecule has 0 spiro atoms. The number of carboxylic acids is 1. The van der Waals surface area contributed by atoms with Gasteiger partial charge in [0.2, 0.25) is 5.91 Å². The number of rotatable bonds is 5. The normalized spacial score (nSPS) is 14.6. The van der Waals surface area contributed by atoms with E-state index in [1.807, 2.05) is 13.0 Å². The summed E-state index contributed by atoms with van der Waals surface area (Å²) >= 11 is 0. The van der Waals surface area contributed by atoms with Crippen LogP contribution in [0.3, 0.4) is 0 Å². The maximum atomic E-state index is 12.7. The van der Waals surface area contributed by atoms with Crippen LogP contribution in [0.1, 0.15) is 54.2 Å². The summed E-state index contributed by atoms with van der Waals surface area (Å²) < 4.78 is 11.7. The van der Waals surface area contributed by atoms with Crippen LogP contribution in [0, 0.1) is 13.8 Å². The second kappa shape index (κ2) is 7.63. The Morgan fingerprint density at radius 3 is 2.50 bits per heavy atom. The third kappa shape index (κ3) is 3.28. The number of hydrogen-bond acceptors (Lipinski definition) is 5. The van der Waals surface area contributed by atoms with E-state index >= 15 is 0 Å². The summed E-state index contributed by atoms with van der Waals surface area (Å²) in [5.74, 6) is -0.609. The number of hydrogen-bond donors (Lipinski definition) is 2. The van der Waals surface area contributed by atoms with E-state index in [1.54, 1.807) is 13.8 Å². The lowest BCUT2D eigenvalue weighted by atomic mass is 9.93. The smallest absolute Gasteiger partial charge is 0.340 e. The second-order valence-corrected chi connectivity index (χ2v) is 8.00. The van der Waals surface area contributed by atoms with Crippen molar-refractivity contribution in [3.8, 4) is 0 Å². The number of benzene rings is 1. The number of fused-ring (bicyclic) bond motifs is 4. The van der Waals surface area contributed by atoms with Gasteiger partial charge in [0, 0.05) is 28.3 Å². The van der Waals surface area contributed by atoms with E-state index < -0.39 is 23.5 Å². The summed E-state index contributed by atoms with van der Waals surface area (Å²) in [5, 5.41) is 13.4. The molecule has 0 saturated carbocycles. The van der Waals surface area contributed by atoms with Crippen molar-refractivity contribution in [2.45, 2.75) is 65.3 Å².